The van der Waals surface area contributed by atoms with E-state index in [1.807, 2.05) is 24.5 Å². The van der Waals surface area contributed by atoms with E-state index < -0.39 is 0 Å². The monoisotopic (exact) mass is 404 g/mol. The average Bonchev–Trinajstić information content (AvgIpc) is 3.21. The number of pyridine rings is 1. The quantitative estimate of drug-likeness (QED) is 0.374. The van der Waals surface area contributed by atoms with Gasteiger partial charge in [-0.3, -0.25) is 4.98 Å². The third-order valence-electron chi connectivity index (χ3n) is 5.65. The maximum absolute atomic E-state index is 4.98. The van der Waals surface area contributed by atoms with Crippen LogP contribution in [0.5, 0.6) is 0 Å². The van der Waals surface area contributed by atoms with E-state index in [2.05, 4.69) is 68.4 Å². The third-order valence-corrected chi connectivity index (χ3v) is 6.94. The molecule has 0 bridgehead atoms. The van der Waals surface area contributed by atoms with Gasteiger partial charge in [-0.2, -0.15) is 5.10 Å². The summed E-state index contributed by atoms with van der Waals surface area (Å²) in [4.78, 5) is 11.8. The fraction of sp³-hybridized carbons (Fsp3) is 0.375. The molecular formula is C24H28N4S. The SMILES string of the molecule is CCC(CC)c1cc(C)nn2c(-c3sc(-c4ccnc(C)c4)cc3C)c(C)nc12. The van der Waals surface area contributed by atoms with Crippen LogP contribution in [0.1, 0.15) is 60.8 Å². The van der Waals surface area contributed by atoms with Crippen molar-refractivity contribution < 1.29 is 0 Å². The lowest BCUT2D eigenvalue weighted by Gasteiger charge is -2.14. The molecule has 4 aromatic heterocycles. The Kier molecular flexibility index (Phi) is 5.26. The van der Waals surface area contributed by atoms with E-state index in [1.165, 1.54) is 26.4 Å². The highest BCUT2D eigenvalue weighted by Gasteiger charge is 2.22. The molecule has 0 aliphatic heterocycles. The molecule has 150 valence electrons. The maximum Gasteiger partial charge on any atom is 0.158 e. The van der Waals surface area contributed by atoms with Crippen molar-refractivity contribution >= 4 is 17.0 Å². The van der Waals surface area contributed by atoms with E-state index in [4.69, 9.17) is 10.1 Å². The summed E-state index contributed by atoms with van der Waals surface area (Å²) in [6.07, 6.45) is 4.10. The highest BCUT2D eigenvalue weighted by molar-refractivity contribution is 7.19. The molecule has 0 fully saturated rings. The molecule has 4 heterocycles. The third kappa shape index (κ3) is 3.48. The molecule has 0 atom stereocenters. The van der Waals surface area contributed by atoms with Crippen molar-refractivity contribution in [2.45, 2.75) is 60.3 Å². The zero-order valence-electron chi connectivity index (χ0n) is 18.1. The number of aromatic nitrogens is 4. The number of hydrogen-bond donors (Lipinski definition) is 0. The van der Waals surface area contributed by atoms with E-state index in [-0.39, 0.29) is 0 Å². The Hall–Kier alpha value is -2.53. The minimum absolute atomic E-state index is 0.508. The lowest BCUT2D eigenvalue weighted by Crippen LogP contribution is -2.05. The van der Waals surface area contributed by atoms with Crippen molar-refractivity contribution in [2.75, 3.05) is 0 Å². The fourth-order valence-electron chi connectivity index (χ4n) is 4.13. The summed E-state index contributed by atoms with van der Waals surface area (Å²) in [6, 6.07) is 8.71. The highest BCUT2D eigenvalue weighted by atomic mass is 32.1. The Morgan fingerprint density at radius 1 is 1.00 bits per heavy atom. The lowest BCUT2D eigenvalue weighted by molar-refractivity contribution is 0.638. The largest absolute Gasteiger partial charge is 0.262 e. The summed E-state index contributed by atoms with van der Waals surface area (Å²) in [7, 11) is 0. The van der Waals surface area contributed by atoms with Crippen LogP contribution in [0.15, 0.2) is 30.5 Å². The second-order valence-corrected chi connectivity index (χ2v) is 8.90. The first kappa shape index (κ1) is 19.8. The molecule has 0 aliphatic rings. The molecule has 0 unspecified atom stereocenters. The van der Waals surface area contributed by atoms with Gasteiger partial charge < -0.3 is 0 Å². The van der Waals surface area contributed by atoms with Crippen molar-refractivity contribution in [1.82, 2.24) is 19.6 Å². The molecule has 0 spiro atoms. The summed E-state index contributed by atoms with van der Waals surface area (Å²) < 4.78 is 2.08. The molecule has 5 heteroatoms. The zero-order chi connectivity index (χ0) is 20.7. The van der Waals surface area contributed by atoms with E-state index >= 15 is 0 Å². The van der Waals surface area contributed by atoms with Crippen LogP contribution < -0.4 is 0 Å². The van der Waals surface area contributed by atoms with Crippen LogP contribution in [0.2, 0.25) is 0 Å². The van der Waals surface area contributed by atoms with Gasteiger partial charge in [-0.1, -0.05) is 13.8 Å². The van der Waals surface area contributed by atoms with Crippen molar-refractivity contribution in [1.29, 1.82) is 0 Å². The average molecular weight is 405 g/mol. The Morgan fingerprint density at radius 2 is 1.76 bits per heavy atom. The molecule has 0 saturated carbocycles. The van der Waals surface area contributed by atoms with Gasteiger partial charge in [0.2, 0.25) is 0 Å². The Bertz CT molecular complexity index is 1180. The molecule has 4 rings (SSSR count). The van der Waals surface area contributed by atoms with Crippen molar-refractivity contribution in [3.63, 3.8) is 0 Å². The van der Waals surface area contributed by atoms with Crippen LogP contribution in [-0.4, -0.2) is 19.6 Å². The zero-order valence-corrected chi connectivity index (χ0v) is 18.9. The number of hydrogen-bond acceptors (Lipinski definition) is 4. The number of aryl methyl sites for hydroxylation is 4. The second kappa shape index (κ2) is 7.71. The van der Waals surface area contributed by atoms with E-state index in [9.17, 15) is 0 Å². The van der Waals surface area contributed by atoms with E-state index in [1.54, 1.807) is 0 Å². The van der Waals surface area contributed by atoms with Gasteiger partial charge in [-0.25, -0.2) is 9.50 Å². The first-order valence-electron chi connectivity index (χ1n) is 10.3. The smallest absolute Gasteiger partial charge is 0.158 e. The molecule has 0 N–H and O–H groups in total. The summed E-state index contributed by atoms with van der Waals surface area (Å²) in [5, 5.41) is 4.87. The summed E-state index contributed by atoms with van der Waals surface area (Å²) >= 11 is 1.81. The first-order chi connectivity index (χ1) is 13.9. The molecule has 0 saturated heterocycles. The van der Waals surface area contributed by atoms with Crippen molar-refractivity contribution in [3.05, 3.63) is 58.7 Å². The number of imidazole rings is 1. The van der Waals surface area contributed by atoms with Crippen LogP contribution in [0.4, 0.5) is 0 Å². The number of fused-ring (bicyclic) bond motifs is 1. The first-order valence-corrected chi connectivity index (χ1v) is 11.1. The van der Waals surface area contributed by atoms with Crippen LogP contribution >= 0.6 is 11.3 Å². The van der Waals surface area contributed by atoms with Crippen LogP contribution in [0.3, 0.4) is 0 Å². The molecule has 0 aliphatic carbocycles. The number of thiophene rings is 1. The van der Waals surface area contributed by atoms with Gasteiger partial charge in [0.1, 0.15) is 5.69 Å². The van der Waals surface area contributed by atoms with Crippen LogP contribution in [-0.2, 0) is 0 Å². The van der Waals surface area contributed by atoms with Gasteiger partial charge in [-0.15, -0.1) is 11.3 Å². The number of rotatable bonds is 5. The van der Waals surface area contributed by atoms with Crippen molar-refractivity contribution in [3.8, 4) is 21.0 Å². The maximum atomic E-state index is 4.98. The number of nitrogens with zero attached hydrogens (tertiary/aromatic N) is 4. The molecule has 0 amide bonds. The van der Waals surface area contributed by atoms with Gasteiger partial charge in [0.05, 0.1) is 16.3 Å². The Balaban J connectivity index is 1.92. The normalized spacial score (nSPS) is 11.7. The van der Waals surface area contributed by atoms with Gasteiger partial charge >= 0.3 is 0 Å². The van der Waals surface area contributed by atoms with E-state index in [0.717, 1.165) is 41.3 Å². The standard InChI is InChI=1S/C24H28N4S/c1-7-18(8-2)20-13-16(5)27-28-22(17(6)26-24(20)28)23-14(3)11-21(29-23)19-9-10-25-15(4)12-19/h9-13,18H,7-8H2,1-6H3. The van der Waals surface area contributed by atoms with Gasteiger partial charge in [0.25, 0.3) is 0 Å². The molecule has 29 heavy (non-hydrogen) atoms. The molecule has 0 radical (unpaired) electrons. The lowest BCUT2D eigenvalue weighted by atomic mass is 9.95. The van der Waals surface area contributed by atoms with E-state index in [0.29, 0.717) is 5.92 Å². The van der Waals surface area contributed by atoms with Crippen molar-refractivity contribution in [2.24, 2.45) is 0 Å². The summed E-state index contributed by atoms with van der Waals surface area (Å²) in [5.41, 5.74) is 9.03. The second-order valence-electron chi connectivity index (χ2n) is 7.84. The van der Waals surface area contributed by atoms with Crippen LogP contribution in [0.25, 0.3) is 26.7 Å². The van der Waals surface area contributed by atoms with Gasteiger partial charge in [-0.05, 0) is 81.8 Å². The molecule has 4 aromatic rings. The van der Waals surface area contributed by atoms with Crippen LogP contribution in [0, 0.1) is 27.7 Å². The topological polar surface area (TPSA) is 43.1 Å². The van der Waals surface area contributed by atoms with Gasteiger partial charge in [0, 0.05) is 22.3 Å². The minimum atomic E-state index is 0.508. The summed E-state index contributed by atoms with van der Waals surface area (Å²) in [5.74, 6) is 0.508. The molecular weight excluding hydrogens is 376 g/mol. The Labute approximate surface area is 176 Å². The van der Waals surface area contributed by atoms with Gasteiger partial charge in [0.15, 0.2) is 5.65 Å². The predicted octanol–water partition coefficient (Wildman–Crippen LogP) is 6.66. The minimum Gasteiger partial charge on any atom is -0.262 e. The Morgan fingerprint density at radius 3 is 2.45 bits per heavy atom. The highest BCUT2D eigenvalue weighted by Crippen LogP contribution is 2.40. The molecule has 4 nitrogen and oxygen atoms in total. The summed E-state index contributed by atoms with van der Waals surface area (Å²) in [6.45, 7) is 12.9. The predicted molar refractivity (Wildman–Crippen MR) is 122 cm³/mol. The molecule has 0 aromatic carbocycles. The fourth-order valence-corrected chi connectivity index (χ4v) is 5.38.